The number of aliphatic hydroxyl groups excluding tert-OH is 2. The Kier molecular flexibility index (Phi) is 9.06. The van der Waals surface area contributed by atoms with Gasteiger partial charge in [0.1, 0.15) is 0 Å². The molecule has 0 bridgehead atoms. The van der Waals surface area contributed by atoms with E-state index in [4.69, 9.17) is 4.74 Å². The number of unbranched alkanes of at least 4 members (excludes halogenated alkanes) is 1. The molecule has 0 spiro atoms. The minimum atomic E-state index is -0.446. The molecule has 3 atom stereocenters. The highest BCUT2D eigenvalue weighted by molar-refractivity contribution is 4.67. The Hall–Kier alpha value is -0.120. The molecule has 0 rings (SSSR count). The molecule has 2 N–H and O–H groups in total. The van der Waals surface area contributed by atoms with Crippen LogP contribution in [0.5, 0.6) is 0 Å². The maximum absolute atomic E-state index is 9.63. The van der Waals surface area contributed by atoms with Crippen molar-refractivity contribution in [1.29, 1.82) is 0 Å². The summed E-state index contributed by atoms with van der Waals surface area (Å²) < 4.78 is 5.32. The topological polar surface area (TPSA) is 49.7 Å². The highest BCUT2D eigenvalue weighted by Crippen LogP contribution is 2.13. The second kappa shape index (κ2) is 9.13. The standard InChI is InChI=1S/C12H26O3/c1-4-6-7-15-9-11(13)8-10(3)12(14)5-2/h10-14H,4-9H2,1-3H3. The molecule has 0 aromatic heterocycles. The van der Waals surface area contributed by atoms with Crippen LogP contribution in [0.25, 0.3) is 0 Å². The first kappa shape index (κ1) is 14.9. The minimum Gasteiger partial charge on any atom is -0.393 e. The molecule has 0 heterocycles. The van der Waals surface area contributed by atoms with E-state index < -0.39 is 6.10 Å². The average Bonchev–Trinajstić information content (AvgIpc) is 2.23. The predicted molar refractivity (Wildman–Crippen MR) is 61.8 cm³/mol. The van der Waals surface area contributed by atoms with Crippen molar-refractivity contribution in [3.05, 3.63) is 0 Å². The highest BCUT2D eigenvalue weighted by atomic mass is 16.5. The molecule has 0 fully saturated rings. The van der Waals surface area contributed by atoms with Gasteiger partial charge in [-0.1, -0.05) is 27.2 Å². The zero-order valence-corrected chi connectivity index (χ0v) is 10.3. The Morgan fingerprint density at radius 1 is 1.20 bits per heavy atom. The summed E-state index contributed by atoms with van der Waals surface area (Å²) >= 11 is 0. The Morgan fingerprint density at radius 3 is 2.40 bits per heavy atom. The fraction of sp³-hybridized carbons (Fsp3) is 1.00. The van der Waals surface area contributed by atoms with Gasteiger partial charge in [0.25, 0.3) is 0 Å². The van der Waals surface area contributed by atoms with Gasteiger partial charge < -0.3 is 14.9 Å². The van der Waals surface area contributed by atoms with Crippen molar-refractivity contribution < 1.29 is 14.9 Å². The van der Waals surface area contributed by atoms with Gasteiger partial charge in [0, 0.05) is 6.61 Å². The van der Waals surface area contributed by atoms with Crippen LogP contribution in [0.15, 0.2) is 0 Å². The summed E-state index contributed by atoms with van der Waals surface area (Å²) in [7, 11) is 0. The van der Waals surface area contributed by atoms with Gasteiger partial charge in [0.15, 0.2) is 0 Å². The smallest absolute Gasteiger partial charge is 0.0777 e. The van der Waals surface area contributed by atoms with Gasteiger partial charge in [0.05, 0.1) is 18.8 Å². The molecule has 3 unspecified atom stereocenters. The summed E-state index contributed by atoms with van der Waals surface area (Å²) in [6.07, 6.45) is 2.75. The van der Waals surface area contributed by atoms with E-state index in [2.05, 4.69) is 6.92 Å². The lowest BCUT2D eigenvalue weighted by Gasteiger charge is -2.20. The predicted octanol–water partition coefficient (Wildman–Crippen LogP) is 1.96. The lowest BCUT2D eigenvalue weighted by molar-refractivity contribution is 0.00703. The van der Waals surface area contributed by atoms with Gasteiger partial charge in [-0.25, -0.2) is 0 Å². The third kappa shape index (κ3) is 7.77. The number of rotatable bonds is 9. The van der Waals surface area contributed by atoms with E-state index in [-0.39, 0.29) is 12.0 Å². The van der Waals surface area contributed by atoms with Crippen molar-refractivity contribution in [2.24, 2.45) is 5.92 Å². The molecule has 0 aliphatic carbocycles. The van der Waals surface area contributed by atoms with Crippen LogP contribution in [0.2, 0.25) is 0 Å². The molecular weight excluding hydrogens is 192 g/mol. The van der Waals surface area contributed by atoms with Crippen LogP contribution >= 0.6 is 0 Å². The van der Waals surface area contributed by atoms with Gasteiger partial charge in [-0.2, -0.15) is 0 Å². The number of hydrogen-bond acceptors (Lipinski definition) is 3. The molecular formula is C12H26O3. The van der Waals surface area contributed by atoms with Crippen molar-refractivity contribution in [2.45, 2.75) is 58.7 Å². The van der Waals surface area contributed by atoms with Gasteiger partial charge in [-0.3, -0.25) is 0 Å². The zero-order chi connectivity index (χ0) is 11.7. The lowest BCUT2D eigenvalue weighted by Crippen LogP contribution is -2.25. The van der Waals surface area contributed by atoms with Gasteiger partial charge >= 0.3 is 0 Å². The quantitative estimate of drug-likeness (QED) is 0.582. The van der Waals surface area contributed by atoms with Gasteiger partial charge in [0.2, 0.25) is 0 Å². The first-order valence-electron chi connectivity index (χ1n) is 6.05. The second-order valence-electron chi connectivity index (χ2n) is 4.27. The Bertz CT molecular complexity index is 139. The second-order valence-corrected chi connectivity index (χ2v) is 4.27. The first-order valence-corrected chi connectivity index (χ1v) is 6.05. The van der Waals surface area contributed by atoms with Gasteiger partial charge in [-0.15, -0.1) is 0 Å². The fourth-order valence-electron chi connectivity index (χ4n) is 1.52. The van der Waals surface area contributed by atoms with Crippen LogP contribution in [0.3, 0.4) is 0 Å². The van der Waals surface area contributed by atoms with Crippen LogP contribution in [-0.2, 0) is 4.74 Å². The average molecular weight is 218 g/mol. The van der Waals surface area contributed by atoms with Crippen molar-refractivity contribution >= 4 is 0 Å². The van der Waals surface area contributed by atoms with Crippen LogP contribution < -0.4 is 0 Å². The van der Waals surface area contributed by atoms with E-state index in [1.165, 1.54) is 0 Å². The van der Waals surface area contributed by atoms with Crippen molar-refractivity contribution in [3.8, 4) is 0 Å². The third-order valence-corrected chi connectivity index (χ3v) is 2.67. The minimum absolute atomic E-state index is 0.139. The summed E-state index contributed by atoms with van der Waals surface area (Å²) in [4.78, 5) is 0. The van der Waals surface area contributed by atoms with E-state index in [0.29, 0.717) is 13.0 Å². The largest absolute Gasteiger partial charge is 0.393 e. The monoisotopic (exact) mass is 218 g/mol. The maximum Gasteiger partial charge on any atom is 0.0777 e. The molecule has 0 aliphatic rings. The molecule has 0 aromatic carbocycles. The SMILES string of the molecule is CCCCOCC(O)CC(C)C(O)CC. The first-order chi connectivity index (χ1) is 7.11. The zero-order valence-electron chi connectivity index (χ0n) is 10.3. The van der Waals surface area contributed by atoms with E-state index in [1.54, 1.807) is 0 Å². The molecule has 0 aromatic rings. The number of hydrogen-bond donors (Lipinski definition) is 2. The van der Waals surface area contributed by atoms with Crippen molar-refractivity contribution in [2.75, 3.05) is 13.2 Å². The molecule has 3 nitrogen and oxygen atoms in total. The summed E-state index contributed by atoms with van der Waals surface area (Å²) in [5.41, 5.74) is 0. The Morgan fingerprint density at radius 2 is 1.87 bits per heavy atom. The molecule has 0 aliphatic heterocycles. The highest BCUT2D eigenvalue weighted by Gasteiger charge is 2.16. The fourth-order valence-corrected chi connectivity index (χ4v) is 1.52. The van der Waals surface area contributed by atoms with Gasteiger partial charge in [-0.05, 0) is 25.2 Å². The Balaban J connectivity index is 3.50. The van der Waals surface area contributed by atoms with Crippen LogP contribution in [-0.4, -0.2) is 35.6 Å². The molecule has 15 heavy (non-hydrogen) atoms. The van der Waals surface area contributed by atoms with Crippen molar-refractivity contribution in [3.63, 3.8) is 0 Å². The van der Waals surface area contributed by atoms with E-state index in [0.717, 1.165) is 25.9 Å². The normalized spacial score (nSPS) is 17.4. The number of ether oxygens (including phenoxy) is 1. The number of aliphatic hydroxyl groups is 2. The van der Waals surface area contributed by atoms with Crippen molar-refractivity contribution in [1.82, 2.24) is 0 Å². The van der Waals surface area contributed by atoms with E-state index >= 15 is 0 Å². The molecule has 0 radical (unpaired) electrons. The molecule has 0 saturated carbocycles. The Labute approximate surface area is 93.5 Å². The lowest BCUT2D eigenvalue weighted by atomic mass is 9.96. The van der Waals surface area contributed by atoms with Crippen LogP contribution in [0.4, 0.5) is 0 Å². The summed E-state index contributed by atoms with van der Waals surface area (Å²) in [5, 5.41) is 19.2. The third-order valence-electron chi connectivity index (χ3n) is 2.67. The maximum atomic E-state index is 9.63. The molecule has 3 heteroatoms. The van der Waals surface area contributed by atoms with Crippen LogP contribution in [0.1, 0.15) is 46.5 Å². The molecule has 0 amide bonds. The van der Waals surface area contributed by atoms with Crippen LogP contribution in [0, 0.1) is 5.92 Å². The summed E-state index contributed by atoms with van der Waals surface area (Å²) in [6, 6.07) is 0. The summed E-state index contributed by atoms with van der Waals surface area (Å²) in [6.45, 7) is 7.13. The molecule has 0 saturated heterocycles. The van der Waals surface area contributed by atoms with E-state index in [1.807, 2.05) is 13.8 Å². The van der Waals surface area contributed by atoms with E-state index in [9.17, 15) is 10.2 Å². The molecule has 92 valence electrons. The summed E-state index contributed by atoms with van der Waals surface area (Å²) in [5.74, 6) is 0.139.